The highest BCUT2D eigenvalue weighted by Gasteiger charge is 2.19. The van der Waals surface area contributed by atoms with E-state index in [1.165, 1.54) is 12.1 Å². The number of nitrogens with zero attached hydrogens (tertiary/aromatic N) is 3. The summed E-state index contributed by atoms with van der Waals surface area (Å²) in [6, 6.07) is 6.10. The molecule has 0 aliphatic carbocycles. The highest BCUT2D eigenvalue weighted by molar-refractivity contribution is 6.33. The maximum absolute atomic E-state index is 10.6. The molecule has 0 atom stereocenters. The molecule has 0 unspecified atom stereocenters. The van der Waals surface area contributed by atoms with Crippen molar-refractivity contribution in [1.29, 1.82) is 0 Å². The highest BCUT2D eigenvalue weighted by atomic mass is 35.5. The summed E-state index contributed by atoms with van der Waals surface area (Å²) in [6.45, 7) is 0. The van der Waals surface area contributed by atoms with E-state index in [2.05, 4.69) is 4.98 Å². The molecule has 0 saturated carbocycles. The molecule has 2 N–H and O–H groups in total. The molecule has 7 nitrogen and oxygen atoms in total. The second kappa shape index (κ2) is 3.99. The summed E-state index contributed by atoms with van der Waals surface area (Å²) in [6.07, 6.45) is 1.70. The number of nitrogen functional groups attached to an aromatic ring is 1. The number of anilines is 1. The van der Waals surface area contributed by atoms with E-state index in [1.807, 2.05) is 0 Å². The van der Waals surface area contributed by atoms with Crippen molar-refractivity contribution in [2.75, 3.05) is 5.73 Å². The predicted molar refractivity (Wildman–Crippen MR) is 69.0 cm³/mol. The van der Waals surface area contributed by atoms with Gasteiger partial charge in [-0.3, -0.25) is 14.5 Å². The van der Waals surface area contributed by atoms with Crippen LogP contribution in [0, 0.1) is 10.1 Å². The molecule has 0 aliphatic rings. The molecule has 0 amide bonds. The molecular weight excluding hydrogens is 272 g/mol. The van der Waals surface area contributed by atoms with Gasteiger partial charge in [-0.15, -0.1) is 0 Å². The fraction of sp³-hybridized carbons (Fsp3) is 0. The van der Waals surface area contributed by atoms with Crippen LogP contribution in [0.5, 0.6) is 0 Å². The van der Waals surface area contributed by atoms with Crippen LogP contribution in [0.25, 0.3) is 17.1 Å². The second-order valence-electron chi connectivity index (χ2n) is 3.79. The molecule has 0 aromatic carbocycles. The van der Waals surface area contributed by atoms with Crippen molar-refractivity contribution >= 4 is 29.0 Å². The lowest BCUT2D eigenvalue weighted by atomic mass is 10.3. The Labute approximate surface area is 111 Å². The number of nitro groups is 1. The van der Waals surface area contributed by atoms with Gasteiger partial charge in [-0.1, -0.05) is 11.6 Å². The molecule has 0 radical (unpaired) electrons. The Balaban J connectivity index is 2.22. The molecule has 0 spiro atoms. The lowest BCUT2D eigenvalue weighted by Crippen LogP contribution is -1.93. The number of pyridine rings is 1. The molecular formula is C11H7ClN4O3. The van der Waals surface area contributed by atoms with Crippen molar-refractivity contribution in [2.24, 2.45) is 0 Å². The van der Waals surface area contributed by atoms with Gasteiger partial charge < -0.3 is 10.2 Å². The van der Waals surface area contributed by atoms with Crippen molar-refractivity contribution in [3.63, 3.8) is 0 Å². The van der Waals surface area contributed by atoms with Crippen LogP contribution in [0.15, 0.2) is 34.9 Å². The van der Waals surface area contributed by atoms with Crippen molar-refractivity contribution in [3.8, 4) is 11.5 Å². The van der Waals surface area contributed by atoms with Crippen molar-refractivity contribution in [3.05, 3.63) is 45.6 Å². The first kappa shape index (κ1) is 11.5. The number of hydrogen-bond donors (Lipinski definition) is 1. The number of furan rings is 1. The van der Waals surface area contributed by atoms with Gasteiger partial charge in [0, 0.05) is 6.20 Å². The topological polar surface area (TPSA) is 99.6 Å². The van der Waals surface area contributed by atoms with Crippen LogP contribution in [-0.2, 0) is 0 Å². The molecule has 3 aromatic heterocycles. The van der Waals surface area contributed by atoms with Gasteiger partial charge >= 0.3 is 5.88 Å². The van der Waals surface area contributed by atoms with Gasteiger partial charge in [-0.2, -0.15) is 0 Å². The monoisotopic (exact) mass is 278 g/mol. The molecule has 96 valence electrons. The predicted octanol–water partition coefficient (Wildman–Crippen LogP) is 2.74. The lowest BCUT2D eigenvalue weighted by Gasteiger charge is -1.96. The second-order valence-corrected chi connectivity index (χ2v) is 4.20. The maximum Gasteiger partial charge on any atom is 0.433 e. The third-order valence-corrected chi connectivity index (χ3v) is 2.94. The Morgan fingerprint density at radius 2 is 2.21 bits per heavy atom. The largest absolute Gasteiger partial charge is 0.433 e. The Morgan fingerprint density at radius 3 is 2.84 bits per heavy atom. The fourth-order valence-electron chi connectivity index (χ4n) is 1.79. The minimum absolute atomic E-state index is 0.226. The van der Waals surface area contributed by atoms with E-state index in [-0.39, 0.29) is 11.6 Å². The average molecular weight is 279 g/mol. The Hall–Kier alpha value is -2.54. The molecule has 0 saturated heterocycles. The number of fused-ring (bicyclic) bond motifs is 1. The van der Waals surface area contributed by atoms with Gasteiger partial charge in [-0.05, 0) is 18.2 Å². The molecule has 3 rings (SSSR count). The number of halogens is 1. The summed E-state index contributed by atoms with van der Waals surface area (Å²) in [5.74, 6) is 0.170. The molecule has 0 fully saturated rings. The van der Waals surface area contributed by atoms with E-state index in [9.17, 15) is 10.1 Å². The SMILES string of the molecule is Nc1c(-c2ccc([N+](=O)[O-])o2)nc2c(Cl)cccn12. The smallest absolute Gasteiger partial charge is 0.399 e. The van der Waals surface area contributed by atoms with E-state index in [0.717, 1.165) is 0 Å². The summed E-state index contributed by atoms with van der Waals surface area (Å²) < 4.78 is 6.67. The van der Waals surface area contributed by atoms with Crippen LogP contribution in [0.4, 0.5) is 11.7 Å². The van der Waals surface area contributed by atoms with Gasteiger partial charge in [0.15, 0.2) is 11.4 Å². The first-order valence-corrected chi connectivity index (χ1v) is 5.62. The minimum Gasteiger partial charge on any atom is -0.399 e. The van der Waals surface area contributed by atoms with Crippen LogP contribution < -0.4 is 5.73 Å². The first-order chi connectivity index (χ1) is 9.08. The fourth-order valence-corrected chi connectivity index (χ4v) is 1.99. The van der Waals surface area contributed by atoms with Gasteiger partial charge in [0.05, 0.1) is 11.1 Å². The average Bonchev–Trinajstić information content (AvgIpc) is 2.96. The normalized spacial score (nSPS) is 11.0. The Bertz CT molecular complexity index is 792. The van der Waals surface area contributed by atoms with E-state index in [0.29, 0.717) is 22.2 Å². The molecule has 19 heavy (non-hydrogen) atoms. The number of nitrogens with two attached hydrogens (primary N) is 1. The first-order valence-electron chi connectivity index (χ1n) is 5.24. The van der Waals surface area contributed by atoms with Gasteiger partial charge in [0.25, 0.3) is 0 Å². The summed E-state index contributed by atoms with van der Waals surface area (Å²) in [7, 11) is 0. The molecule has 0 aliphatic heterocycles. The lowest BCUT2D eigenvalue weighted by molar-refractivity contribution is -0.401. The molecule has 8 heteroatoms. The minimum atomic E-state index is -0.623. The van der Waals surface area contributed by atoms with E-state index in [4.69, 9.17) is 21.8 Å². The van der Waals surface area contributed by atoms with Crippen LogP contribution in [0.1, 0.15) is 0 Å². The third-order valence-electron chi connectivity index (χ3n) is 2.64. The third kappa shape index (κ3) is 1.71. The van der Waals surface area contributed by atoms with Crippen LogP contribution in [0.3, 0.4) is 0 Å². The summed E-state index contributed by atoms with van der Waals surface area (Å²) >= 11 is 6.01. The summed E-state index contributed by atoms with van der Waals surface area (Å²) in [5.41, 5.74) is 6.73. The maximum atomic E-state index is 10.6. The zero-order valence-corrected chi connectivity index (χ0v) is 10.2. The number of rotatable bonds is 2. The standard InChI is InChI=1S/C11H7ClN4O3/c12-6-2-1-5-15-10(13)9(14-11(6)15)7-3-4-8(19-7)16(17)18/h1-5H,13H2. The van der Waals surface area contributed by atoms with Gasteiger partial charge in [0.1, 0.15) is 16.4 Å². The number of aromatic nitrogens is 2. The Morgan fingerprint density at radius 1 is 1.42 bits per heavy atom. The van der Waals surface area contributed by atoms with Gasteiger partial charge in [-0.25, -0.2) is 4.98 Å². The highest BCUT2D eigenvalue weighted by Crippen LogP contribution is 2.32. The summed E-state index contributed by atoms with van der Waals surface area (Å²) in [5, 5.41) is 11.0. The molecule has 3 aromatic rings. The van der Waals surface area contributed by atoms with Crippen molar-refractivity contribution in [2.45, 2.75) is 0 Å². The van der Waals surface area contributed by atoms with Crippen molar-refractivity contribution in [1.82, 2.24) is 9.38 Å². The molecule has 0 bridgehead atoms. The summed E-state index contributed by atoms with van der Waals surface area (Å²) in [4.78, 5) is 14.2. The number of hydrogen-bond acceptors (Lipinski definition) is 5. The van der Waals surface area contributed by atoms with E-state index < -0.39 is 4.92 Å². The quantitative estimate of drug-likeness (QED) is 0.574. The molecule has 3 heterocycles. The zero-order valence-electron chi connectivity index (χ0n) is 9.41. The van der Waals surface area contributed by atoms with Crippen LogP contribution in [0.2, 0.25) is 5.02 Å². The Kier molecular flexibility index (Phi) is 2.42. The number of imidazole rings is 1. The van der Waals surface area contributed by atoms with Gasteiger partial charge in [0.2, 0.25) is 0 Å². The van der Waals surface area contributed by atoms with E-state index >= 15 is 0 Å². The zero-order chi connectivity index (χ0) is 13.6. The van der Waals surface area contributed by atoms with Crippen LogP contribution >= 0.6 is 11.6 Å². The van der Waals surface area contributed by atoms with Crippen molar-refractivity contribution < 1.29 is 9.34 Å². The van der Waals surface area contributed by atoms with E-state index in [1.54, 1.807) is 22.7 Å². The van der Waals surface area contributed by atoms with Crippen LogP contribution in [-0.4, -0.2) is 14.3 Å².